The number of amides is 2. The zero-order chi connectivity index (χ0) is 14.0. The minimum Gasteiger partial charge on any atom is -0.469 e. The molecule has 0 aromatic heterocycles. The fourth-order valence-corrected chi connectivity index (χ4v) is 1.84. The van der Waals surface area contributed by atoms with Crippen molar-refractivity contribution in [2.45, 2.75) is 12.5 Å². The van der Waals surface area contributed by atoms with Gasteiger partial charge in [0, 0.05) is 5.69 Å². The summed E-state index contributed by atoms with van der Waals surface area (Å²) in [7, 11) is 1.21. The van der Waals surface area contributed by atoms with Gasteiger partial charge in [-0.2, -0.15) is 0 Å². The van der Waals surface area contributed by atoms with Crippen LogP contribution in [0, 0.1) is 0 Å². The number of nitrogens with two attached hydrogens (primary N) is 1. The largest absolute Gasteiger partial charge is 0.469 e. The topological polar surface area (TPSA) is 111 Å². The van der Waals surface area contributed by atoms with Gasteiger partial charge in [-0.15, -0.1) is 0 Å². The van der Waals surface area contributed by atoms with Crippen molar-refractivity contribution in [3.8, 4) is 0 Å². The molecule has 0 fully saturated rings. The molecule has 4 N–H and O–H groups in total. The summed E-state index contributed by atoms with van der Waals surface area (Å²) in [5.41, 5.74) is 6.50. The standard InChI is InChI=1S/C12H13N3O4/c1-19-9(16)5-8-11(17)14-7-4-2-3-6(13)10(7)12(18)15-8/h2-4,8H,5,13H2,1H3,(H,14,17)(H,15,18)/t8-/m0/s1. The minimum absolute atomic E-state index is 0.197. The van der Waals surface area contributed by atoms with Crippen LogP contribution in [0.1, 0.15) is 16.8 Å². The molecule has 0 bridgehead atoms. The molecule has 0 aliphatic carbocycles. The average molecular weight is 263 g/mol. The van der Waals surface area contributed by atoms with E-state index in [0.717, 1.165) is 0 Å². The normalized spacial score (nSPS) is 17.8. The lowest BCUT2D eigenvalue weighted by atomic mass is 10.1. The molecule has 1 aliphatic heterocycles. The monoisotopic (exact) mass is 263 g/mol. The fourth-order valence-electron chi connectivity index (χ4n) is 1.84. The van der Waals surface area contributed by atoms with Gasteiger partial charge in [-0.3, -0.25) is 14.4 Å². The predicted molar refractivity (Wildman–Crippen MR) is 67.4 cm³/mol. The van der Waals surface area contributed by atoms with Crippen molar-refractivity contribution in [3.63, 3.8) is 0 Å². The maximum atomic E-state index is 12.0. The Bertz CT molecular complexity index is 556. The molecule has 1 aromatic rings. The molecule has 0 saturated heterocycles. The van der Waals surface area contributed by atoms with Crippen molar-refractivity contribution in [2.75, 3.05) is 18.2 Å². The maximum Gasteiger partial charge on any atom is 0.308 e. The molecular weight excluding hydrogens is 250 g/mol. The summed E-state index contributed by atoms with van der Waals surface area (Å²) >= 11 is 0. The highest BCUT2D eigenvalue weighted by atomic mass is 16.5. The average Bonchev–Trinajstić information content (AvgIpc) is 2.48. The van der Waals surface area contributed by atoms with Gasteiger partial charge < -0.3 is 21.1 Å². The van der Waals surface area contributed by atoms with E-state index in [4.69, 9.17) is 5.73 Å². The molecule has 0 saturated carbocycles. The third-order valence-electron chi connectivity index (χ3n) is 2.80. The number of methoxy groups -OCH3 is 1. The van der Waals surface area contributed by atoms with Crippen LogP contribution in [0.4, 0.5) is 11.4 Å². The van der Waals surface area contributed by atoms with E-state index in [2.05, 4.69) is 15.4 Å². The molecule has 1 aromatic carbocycles. The van der Waals surface area contributed by atoms with Crippen LogP contribution >= 0.6 is 0 Å². The number of fused-ring (bicyclic) bond motifs is 1. The smallest absolute Gasteiger partial charge is 0.308 e. The van der Waals surface area contributed by atoms with Crippen LogP contribution in [0.25, 0.3) is 0 Å². The predicted octanol–water partition coefficient (Wildman–Crippen LogP) is -0.118. The van der Waals surface area contributed by atoms with Crippen LogP contribution in [0.3, 0.4) is 0 Å². The third kappa shape index (κ3) is 2.49. The fraction of sp³-hybridized carbons (Fsp3) is 0.250. The molecule has 100 valence electrons. The first-order valence-electron chi connectivity index (χ1n) is 5.60. The van der Waals surface area contributed by atoms with Gasteiger partial charge in [-0.1, -0.05) is 6.07 Å². The Morgan fingerprint density at radius 2 is 2.16 bits per heavy atom. The quantitative estimate of drug-likeness (QED) is 0.509. The van der Waals surface area contributed by atoms with Gasteiger partial charge in [0.15, 0.2) is 0 Å². The molecule has 7 nitrogen and oxygen atoms in total. The molecular formula is C12H13N3O4. The Hall–Kier alpha value is -2.57. The first-order valence-corrected chi connectivity index (χ1v) is 5.60. The van der Waals surface area contributed by atoms with Gasteiger partial charge in [-0.25, -0.2) is 0 Å². The number of carbonyl (C=O) groups excluding carboxylic acids is 3. The highest BCUT2D eigenvalue weighted by Gasteiger charge is 2.30. The number of hydrogen-bond donors (Lipinski definition) is 3. The van der Waals surface area contributed by atoms with Crippen molar-refractivity contribution in [2.24, 2.45) is 0 Å². The van der Waals surface area contributed by atoms with E-state index in [-0.39, 0.29) is 17.7 Å². The number of nitrogen functional groups attached to an aromatic ring is 1. The molecule has 2 amide bonds. The Balaban J connectivity index is 2.31. The highest BCUT2D eigenvalue weighted by molar-refractivity contribution is 6.13. The van der Waals surface area contributed by atoms with Crippen LogP contribution in [-0.2, 0) is 14.3 Å². The molecule has 1 atom stereocenters. The summed E-state index contributed by atoms with van der Waals surface area (Å²) < 4.78 is 4.48. The van der Waals surface area contributed by atoms with Gasteiger partial charge in [0.05, 0.1) is 24.8 Å². The first-order chi connectivity index (χ1) is 9.02. The molecule has 0 spiro atoms. The van der Waals surface area contributed by atoms with E-state index in [9.17, 15) is 14.4 Å². The number of benzene rings is 1. The number of anilines is 2. The lowest BCUT2D eigenvalue weighted by Crippen LogP contribution is -2.42. The molecule has 0 radical (unpaired) electrons. The van der Waals surface area contributed by atoms with Gasteiger partial charge in [0.25, 0.3) is 5.91 Å². The van der Waals surface area contributed by atoms with Crippen molar-refractivity contribution in [3.05, 3.63) is 23.8 Å². The zero-order valence-electron chi connectivity index (χ0n) is 10.2. The first kappa shape index (κ1) is 12.9. The number of rotatable bonds is 2. The Morgan fingerprint density at radius 3 is 2.84 bits per heavy atom. The third-order valence-corrected chi connectivity index (χ3v) is 2.80. The number of ether oxygens (including phenoxy) is 1. The van der Waals surface area contributed by atoms with Crippen LogP contribution < -0.4 is 16.4 Å². The molecule has 0 unspecified atom stereocenters. The van der Waals surface area contributed by atoms with E-state index >= 15 is 0 Å². The second-order valence-corrected chi connectivity index (χ2v) is 4.07. The second kappa shape index (κ2) is 4.97. The maximum absolute atomic E-state index is 12.0. The Morgan fingerprint density at radius 1 is 1.42 bits per heavy atom. The summed E-state index contributed by atoms with van der Waals surface area (Å²) in [4.78, 5) is 35.1. The lowest BCUT2D eigenvalue weighted by molar-refractivity contribution is -0.142. The summed E-state index contributed by atoms with van der Waals surface area (Å²) in [5, 5.41) is 5.02. The summed E-state index contributed by atoms with van der Waals surface area (Å²) in [5.74, 6) is -1.57. The molecule has 2 rings (SSSR count). The van der Waals surface area contributed by atoms with Gasteiger partial charge in [0.2, 0.25) is 5.91 Å². The molecule has 1 heterocycles. The van der Waals surface area contributed by atoms with E-state index in [0.29, 0.717) is 5.69 Å². The van der Waals surface area contributed by atoms with Gasteiger partial charge in [0.1, 0.15) is 6.04 Å². The van der Waals surface area contributed by atoms with Crippen molar-refractivity contribution in [1.29, 1.82) is 0 Å². The second-order valence-electron chi connectivity index (χ2n) is 4.07. The van der Waals surface area contributed by atoms with E-state index < -0.39 is 23.8 Å². The zero-order valence-corrected chi connectivity index (χ0v) is 10.2. The van der Waals surface area contributed by atoms with Crippen molar-refractivity contribution < 1.29 is 19.1 Å². The number of hydrogen-bond acceptors (Lipinski definition) is 5. The van der Waals surface area contributed by atoms with E-state index in [1.807, 2.05) is 0 Å². The number of nitrogens with one attached hydrogen (secondary N) is 2. The van der Waals surface area contributed by atoms with E-state index in [1.165, 1.54) is 7.11 Å². The number of esters is 1. The van der Waals surface area contributed by atoms with Gasteiger partial charge in [-0.05, 0) is 12.1 Å². The number of carbonyl (C=O) groups is 3. The molecule has 1 aliphatic rings. The molecule has 19 heavy (non-hydrogen) atoms. The van der Waals surface area contributed by atoms with Crippen LogP contribution in [0.2, 0.25) is 0 Å². The Labute approximate surface area is 109 Å². The van der Waals surface area contributed by atoms with Crippen LogP contribution in [-0.4, -0.2) is 30.9 Å². The van der Waals surface area contributed by atoms with Crippen LogP contribution in [0.5, 0.6) is 0 Å². The summed E-state index contributed by atoms with van der Waals surface area (Å²) in [6.45, 7) is 0. The van der Waals surface area contributed by atoms with Gasteiger partial charge >= 0.3 is 5.97 Å². The van der Waals surface area contributed by atoms with Crippen LogP contribution in [0.15, 0.2) is 18.2 Å². The summed E-state index contributed by atoms with van der Waals surface area (Å²) in [6, 6.07) is 3.78. The van der Waals surface area contributed by atoms with E-state index in [1.54, 1.807) is 18.2 Å². The molecule has 7 heteroatoms. The Kier molecular flexibility index (Phi) is 3.37. The minimum atomic E-state index is -0.980. The van der Waals surface area contributed by atoms with Crippen molar-refractivity contribution in [1.82, 2.24) is 5.32 Å². The SMILES string of the molecule is COC(=O)C[C@@H]1NC(=O)c2c(N)cccc2NC1=O. The summed E-state index contributed by atoms with van der Waals surface area (Å²) in [6.07, 6.45) is -0.234. The lowest BCUT2D eigenvalue weighted by Gasteiger charge is -2.12. The van der Waals surface area contributed by atoms with Crippen molar-refractivity contribution >= 4 is 29.2 Å². The highest BCUT2D eigenvalue weighted by Crippen LogP contribution is 2.24.